The van der Waals surface area contributed by atoms with Crippen molar-refractivity contribution in [2.45, 2.75) is 20.0 Å². The maximum atomic E-state index is 11.0. The molecule has 1 aromatic carbocycles. The normalized spacial score (nSPS) is 9.94. The van der Waals surface area contributed by atoms with Gasteiger partial charge in [-0.2, -0.15) is 0 Å². The highest BCUT2D eigenvalue weighted by Crippen LogP contribution is 2.00. The van der Waals surface area contributed by atoms with E-state index in [1.807, 2.05) is 30.3 Å². The van der Waals surface area contributed by atoms with Gasteiger partial charge in [-0.1, -0.05) is 30.3 Å². The Morgan fingerprint density at radius 1 is 1.12 bits per heavy atom. The molecule has 0 aliphatic heterocycles. The predicted octanol–water partition coefficient (Wildman–Crippen LogP) is 1.73. The SMILES string of the molecule is CC(=O)CC(=O)OCCOCc1ccccc1. The second-order valence-electron chi connectivity index (χ2n) is 3.64. The van der Waals surface area contributed by atoms with Crippen molar-refractivity contribution in [2.75, 3.05) is 13.2 Å². The first-order valence-electron chi connectivity index (χ1n) is 5.45. The first-order chi connectivity index (χ1) is 8.18. The Morgan fingerprint density at radius 2 is 1.82 bits per heavy atom. The molecular weight excluding hydrogens is 220 g/mol. The Balaban J connectivity index is 2.05. The zero-order valence-corrected chi connectivity index (χ0v) is 9.85. The highest BCUT2D eigenvalue weighted by molar-refractivity contribution is 5.94. The van der Waals surface area contributed by atoms with Crippen molar-refractivity contribution in [3.63, 3.8) is 0 Å². The van der Waals surface area contributed by atoms with E-state index in [9.17, 15) is 9.59 Å². The maximum Gasteiger partial charge on any atom is 0.313 e. The van der Waals surface area contributed by atoms with E-state index in [-0.39, 0.29) is 18.8 Å². The van der Waals surface area contributed by atoms with Crippen LogP contribution in [-0.2, 0) is 25.7 Å². The number of hydrogen-bond acceptors (Lipinski definition) is 4. The van der Waals surface area contributed by atoms with E-state index in [4.69, 9.17) is 9.47 Å². The van der Waals surface area contributed by atoms with Crippen molar-refractivity contribution in [3.05, 3.63) is 35.9 Å². The summed E-state index contributed by atoms with van der Waals surface area (Å²) in [7, 11) is 0. The average Bonchev–Trinajstić information content (AvgIpc) is 2.29. The lowest BCUT2D eigenvalue weighted by Crippen LogP contribution is -2.13. The van der Waals surface area contributed by atoms with E-state index >= 15 is 0 Å². The summed E-state index contributed by atoms with van der Waals surface area (Å²) in [5.74, 6) is -0.694. The molecule has 92 valence electrons. The summed E-state index contributed by atoms with van der Waals surface area (Å²) in [5.41, 5.74) is 1.07. The minimum absolute atomic E-state index is 0.168. The van der Waals surface area contributed by atoms with Crippen molar-refractivity contribution in [1.82, 2.24) is 0 Å². The van der Waals surface area contributed by atoms with Gasteiger partial charge in [0.25, 0.3) is 0 Å². The molecule has 4 heteroatoms. The van der Waals surface area contributed by atoms with Gasteiger partial charge < -0.3 is 9.47 Å². The van der Waals surface area contributed by atoms with E-state index < -0.39 is 5.97 Å². The van der Waals surface area contributed by atoms with Crippen LogP contribution in [0, 0.1) is 0 Å². The van der Waals surface area contributed by atoms with E-state index in [0.717, 1.165) is 5.56 Å². The van der Waals surface area contributed by atoms with Crippen LogP contribution in [0.5, 0.6) is 0 Å². The van der Waals surface area contributed by atoms with Crippen LogP contribution in [0.4, 0.5) is 0 Å². The summed E-state index contributed by atoms with van der Waals surface area (Å²) in [4.78, 5) is 21.6. The number of ether oxygens (including phenoxy) is 2. The van der Waals surface area contributed by atoms with Gasteiger partial charge in [-0.25, -0.2) is 0 Å². The van der Waals surface area contributed by atoms with Crippen LogP contribution >= 0.6 is 0 Å². The fraction of sp³-hybridized carbons (Fsp3) is 0.385. The van der Waals surface area contributed by atoms with Gasteiger partial charge in [0, 0.05) is 0 Å². The molecule has 0 aliphatic rings. The van der Waals surface area contributed by atoms with Crippen LogP contribution in [-0.4, -0.2) is 25.0 Å². The minimum Gasteiger partial charge on any atom is -0.463 e. The van der Waals surface area contributed by atoms with Gasteiger partial charge in [-0.05, 0) is 12.5 Å². The molecular formula is C13H16O4. The Hall–Kier alpha value is -1.68. The van der Waals surface area contributed by atoms with Crippen molar-refractivity contribution in [3.8, 4) is 0 Å². The number of esters is 1. The van der Waals surface area contributed by atoms with E-state index in [1.165, 1.54) is 6.92 Å². The summed E-state index contributed by atoms with van der Waals surface area (Å²) in [6.45, 7) is 2.36. The summed E-state index contributed by atoms with van der Waals surface area (Å²) >= 11 is 0. The average molecular weight is 236 g/mol. The van der Waals surface area contributed by atoms with Crippen LogP contribution < -0.4 is 0 Å². The van der Waals surface area contributed by atoms with Gasteiger partial charge in [-0.3, -0.25) is 9.59 Å². The highest BCUT2D eigenvalue weighted by atomic mass is 16.6. The lowest BCUT2D eigenvalue weighted by Gasteiger charge is -2.05. The zero-order valence-electron chi connectivity index (χ0n) is 9.85. The van der Waals surface area contributed by atoms with E-state index in [1.54, 1.807) is 0 Å². The number of rotatable bonds is 7. The number of carbonyl (C=O) groups excluding carboxylic acids is 2. The molecule has 0 saturated heterocycles. The summed E-state index contributed by atoms with van der Waals surface area (Å²) in [6, 6.07) is 9.73. The first kappa shape index (κ1) is 13.4. The smallest absolute Gasteiger partial charge is 0.313 e. The molecule has 0 heterocycles. The van der Waals surface area contributed by atoms with Crippen molar-refractivity contribution in [1.29, 1.82) is 0 Å². The molecule has 0 amide bonds. The Morgan fingerprint density at radius 3 is 2.47 bits per heavy atom. The standard InChI is InChI=1S/C13H16O4/c1-11(14)9-13(15)17-8-7-16-10-12-5-3-2-4-6-12/h2-6H,7-10H2,1H3. The monoisotopic (exact) mass is 236 g/mol. The van der Waals surface area contributed by atoms with Crippen molar-refractivity contribution < 1.29 is 19.1 Å². The summed E-state index contributed by atoms with van der Waals surface area (Å²) in [6.07, 6.45) is -0.168. The Kier molecular flexibility index (Phi) is 5.96. The van der Waals surface area contributed by atoms with Gasteiger partial charge >= 0.3 is 5.97 Å². The molecule has 1 rings (SSSR count). The molecule has 0 unspecified atom stereocenters. The van der Waals surface area contributed by atoms with E-state index in [2.05, 4.69) is 0 Å². The molecule has 0 N–H and O–H groups in total. The van der Waals surface area contributed by atoms with Crippen LogP contribution in [0.1, 0.15) is 18.9 Å². The lowest BCUT2D eigenvalue weighted by molar-refractivity contribution is -0.147. The van der Waals surface area contributed by atoms with Gasteiger partial charge in [-0.15, -0.1) is 0 Å². The van der Waals surface area contributed by atoms with E-state index in [0.29, 0.717) is 13.2 Å². The Bertz CT molecular complexity index is 359. The second kappa shape index (κ2) is 7.57. The molecule has 0 saturated carbocycles. The van der Waals surface area contributed by atoms with Crippen LogP contribution in [0.3, 0.4) is 0 Å². The number of Topliss-reactive ketones (excluding diaryl/α,β-unsaturated/α-hetero) is 1. The molecule has 0 spiro atoms. The van der Waals surface area contributed by atoms with Crippen LogP contribution in [0.15, 0.2) is 30.3 Å². The molecule has 0 atom stereocenters. The fourth-order valence-corrected chi connectivity index (χ4v) is 1.23. The van der Waals surface area contributed by atoms with Crippen molar-refractivity contribution >= 4 is 11.8 Å². The van der Waals surface area contributed by atoms with Gasteiger partial charge in [0.1, 0.15) is 18.8 Å². The number of hydrogen-bond donors (Lipinski definition) is 0. The highest BCUT2D eigenvalue weighted by Gasteiger charge is 2.05. The zero-order chi connectivity index (χ0) is 12.5. The largest absolute Gasteiger partial charge is 0.463 e. The number of ketones is 1. The summed E-state index contributed by atoms with van der Waals surface area (Å²) < 4.78 is 10.1. The molecule has 1 aromatic rings. The maximum absolute atomic E-state index is 11.0. The van der Waals surface area contributed by atoms with Crippen molar-refractivity contribution in [2.24, 2.45) is 0 Å². The van der Waals surface area contributed by atoms with Gasteiger partial charge in [0.15, 0.2) is 0 Å². The summed E-state index contributed by atoms with van der Waals surface area (Å²) in [5, 5.41) is 0. The third-order valence-electron chi connectivity index (χ3n) is 2.00. The second-order valence-corrected chi connectivity index (χ2v) is 3.64. The molecule has 0 radical (unpaired) electrons. The van der Waals surface area contributed by atoms with Gasteiger partial charge in [0.2, 0.25) is 0 Å². The molecule has 0 aromatic heterocycles. The van der Waals surface area contributed by atoms with Gasteiger partial charge in [0.05, 0.1) is 13.2 Å². The molecule has 0 aliphatic carbocycles. The number of benzene rings is 1. The molecule has 4 nitrogen and oxygen atoms in total. The van der Waals surface area contributed by atoms with Crippen LogP contribution in [0.2, 0.25) is 0 Å². The molecule has 0 bridgehead atoms. The molecule has 0 fully saturated rings. The predicted molar refractivity (Wildman–Crippen MR) is 62.4 cm³/mol. The number of carbonyl (C=O) groups is 2. The van der Waals surface area contributed by atoms with Crippen LogP contribution in [0.25, 0.3) is 0 Å². The Labute approximate surface area is 101 Å². The molecule has 17 heavy (non-hydrogen) atoms. The first-order valence-corrected chi connectivity index (χ1v) is 5.45. The third-order valence-corrected chi connectivity index (χ3v) is 2.00. The minimum atomic E-state index is -0.499. The lowest BCUT2D eigenvalue weighted by atomic mass is 10.2. The third kappa shape index (κ3) is 6.48. The topological polar surface area (TPSA) is 52.6 Å². The quantitative estimate of drug-likeness (QED) is 0.411. The fourth-order valence-electron chi connectivity index (χ4n) is 1.23.